The largest absolute Gasteiger partial charge is 0.390 e. The maximum Gasteiger partial charge on any atom is 0.390 e. The predicted molar refractivity (Wildman–Crippen MR) is 86.0 cm³/mol. The number of nitrogens with one attached hydrogen (secondary N) is 2. The van der Waals surface area contributed by atoms with E-state index in [0.717, 1.165) is 36.6 Å². The zero-order valence-electron chi connectivity index (χ0n) is 13.4. The number of carbonyl (C=O) groups excluding carboxylic acids is 1. The van der Waals surface area contributed by atoms with Gasteiger partial charge in [0.25, 0.3) is 0 Å². The molecule has 2 heterocycles. The SMILES string of the molecule is O=C(CNCCC(F)(F)F)Nc1cccc(-c2nnc3n2CCC3)c1. The van der Waals surface area contributed by atoms with Crippen molar-refractivity contribution in [2.45, 2.75) is 32.0 Å². The summed E-state index contributed by atoms with van der Waals surface area (Å²) in [7, 11) is 0. The van der Waals surface area contributed by atoms with Crippen LogP contribution in [0.3, 0.4) is 0 Å². The van der Waals surface area contributed by atoms with Crippen LogP contribution in [0.2, 0.25) is 0 Å². The van der Waals surface area contributed by atoms with Crippen molar-refractivity contribution in [3.05, 3.63) is 30.1 Å². The average Bonchev–Trinajstić information content (AvgIpc) is 3.14. The first-order valence-corrected chi connectivity index (χ1v) is 8.02. The molecule has 25 heavy (non-hydrogen) atoms. The molecule has 0 fully saturated rings. The molecular weight excluding hydrogens is 335 g/mol. The Balaban J connectivity index is 1.57. The van der Waals surface area contributed by atoms with Gasteiger partial charge < -0.3 is 15.2 Å². The van der Waals surface area contributed by atoms with Crippen molar-refractivity contribution in [1.82, 2.24) is 20.1 Å². The second-order valence-electron chi connectivity index (χ2n) is 5.87. The van der Waals surface area contributed by atoms with E-state index < -0.39 is 18.5 Å². The highest BCUT2D eigenvalue weighted by atomic mass is 19.4. The summed E-state index contributed by atoms with van der Waals surface area (Å²) in [5.41, 5.74) is 1.40. The zero-order valence-corrected chi connectivity index (χ0v) is 13.4. The highest BCUT2D eigenvalue weighted by Gasteiger charge is 2.26. The second-order valence-corrected chi connectivity index (χ2v) is 5.87. The third-order valence-corrected chi connectivity index (χ3v) is 3.88. The topological polar surface area (TPSA) is 71.8 Å². The van der Waals surface area contributed by atoms with E-state index >= 15 is 0 Å². The monoisotopic (exact) mass is 353 g/mol. The molecule has 0 spiro atoms. The molecule has 6 nitrogen and oxygen atoms in total. The quantitative estimate of drug-likeness (QED) is 0.782. The first kappa shape index (κ1) is 17.4. The van der Waals surface area contributed by atoms with Crippen molar-refractivity contribution in [2.75, 3.05) is 18.4 Å². The number of nitrogens with zero attached hydrogens (tertiary/aromatic N) is 3. The minimum atomic E-state index is -4.23. The van der Waals surface area contributed by atoms with Gasteiger partial charge in [0.2, 0.25) is 5.91 Å². The zero-order chi connectivity index (χ0) is 17.9. The highest BCUT2D eigenvalue weighted by Crippen LogP contribution is 2.25. The van der Waals surface area contributed by atoms with Crippen LogP contribution in [-0.4, -0.2) is 39.9 Å². The molecule has 0 radical (unpaired) electrons. The van der Waals surface area contributed by atoms with Crippen molar-refractivity contribution >= 4 is 11.6 Å². The Kier molecular flexibility index (Phi) is 5.03. The number of fused-ring (bicyclic) bond motifs is 1. The van der Waals surface area contributed by atoms with Crippen molar-refractivity contribution in [2.24, 2.45) is 0 Å². The third kappa shape index (κ3) is 4.56. The summed E-state index contributed by atoms with van der Waals surface area (Å²) in [4.78, 5) is 11.8. The molecule has 2 N–H and O–H groups in total. The lowest BCUT2D eigenvalue weighted by atomic mass is 10.2. The summed E-state index contributed by atoms with van der Waals surface area (Å²) < 4.78 is 38.2. The van der Waals surface area contributed by atoms with E-state index in [4.69, 9.17) is 0 Å². The molecule has 134 valence electrons. The summed E-state index contributed by atoms with van der Waals surface area (Å²) in [5, 5.41) is 13.5. The maximum atomic E-state index is 12.0. The standard InChI is InChI=1S/C16H18F3N5O/c17-16(18,19)6-7-20-10-14(25)21-12-4-1-3-11(9-12)15-23-22-13-5-2-8-24(13)15/h1,3-4,9,20H,2,5-8,10H2,(H,21,25). The Morgan fingerprint density at radius 3 is 2.92 bits per heavy atom. The molecule has 1 aromatic carbocycles. The Morgan fingerprint density at radius 1 is 1.28 bits per heavy atom. The molecule has 0 saturated carbocycles. The highest BCUT2D eigenvalue weighted by molar-refractivity contribution is 5.92. The molecule has 1 aliphatic heterocycles. The lowest BCUT2D eigenvalue weighted by Gasteiger charge is -2.09. The molecule has 0 atom stereocenters. The Morgan fingerprint density at radius 2 is 2.12 bits per heavy atom. The first-order chi connectivity index (χ1) is 11.9. The summed E-state index contributed by atoms with van der Waals surface area (Å²) in [6.07, 6.45) is -3.24. The predicted octanol–water partition coefficient (Wildman–Crippen LogP) is 2.37. The van der Waals surface area contributed by atoms with Crippen LogP contribution >= 0.6 is 0 Å². The van der Waals surface area contributed by atoms with Gasteiger partial charge in [-0.2, -0.15) is 13.2 Å². The van der Waals surface area contributed by atoms with Crippen molar-refractivity contribution in [3.8, 4) is 11.4 Å². The van der Waals surface area contributed by atoms with Crippen molar-refractivity contribution in [1.29, 1.82) is 0 Å². The molecule has 9 heteroatoms. The summed E-state index contributed by atoms with van der Waals surface area (Å²) in [6.45, 7) is 0.404. The Labute approximate surface area is 142 Å². The van der Waals surface area contributed by atoms with Crippen LogP contribution in [0.1, 0.15) is 18.7 Å². The number of benzene rings is 1. The molecule has 0 aliphatic carbocycles. The molecule has 0 bridgehead atoms. The lowest BCUT2D eigenvalue weighted by Crippen LogP contribution is -2.30. The van der Waals surface area contributed by atoms with Gasteiger partial charge in [0.1, 0.15) is 5.82 Å². The van der Waals surface area contributed by atoms with Crippen molar-refractivity contribution < 1.29 is 18.0 Å². The summed E-state index contributed by atoms with van der Waals surface area (Å²) in [5.74, 6) is 1.32. The average molecular weight is 353 g/mol. The van der Waals surface area contributed by atoms with Gasteiger partial charge in [-0.1, -0.05) is 12.1 Å². The van der Waals surface area contributed by atoms with Crippen LogP contribution in [0.4, 0.5) is 18.9 Å². The molecule has 3 rings (SSSR count). The van der Waals surface area contributed by atoms with E-state index in [9.17, 15) is 18.0 Å². The van der Waals surface area contributed by atoms with E-state index in [-0.39, 0.29) is 13.1 Å². The van der Waals surface area contributed by atoms with Crippen LogP contribution in [0.15, 0.2) is 24.3 Å². The molecule has 1 amide bonds. The molecular formula is C16H18F3N5O. The third-order valence-electron chi connectivity index (χ3n) is 3.88. The second kappa shape index (κ2) is 7.22. The van der Waals surface area contributed by atoms with Crippen LogP contribution in [0.25, 0.3) is 11.4 Å². The fourth-order valence-corrected chi connectivity index (χ4v) is 2.74. The van der Waals surface area contributed by atoms with Gasteiger partial charge in [0.05, 0.1) is 13.0 Å². The number of rotatable bonds is 6. The van der Waals surface area contributed by atoms with Crippen LogP contribution in [0.5, 0.6) is 0 Å². The molecule has 1 aliphatic rings. The van der Waals surface area contributed by atoms with Gasteiger partial charge in [-0.25, -0.2) is 0 Å². The number of hydrogen-bond acceptors (Lipinski definition) is 4. The number of anilines is 1. The number of amides is 1. The van der Waals surface area contributed by atoms with Crippen LogP contribution < -0.4 is 10.6 Å². The van der Waals surface area contributed by atoms with Crippen LogP contribution in [0, 0.1) is 0 Å². The Bertz CT molecular complexity index is 756. The van der Waals surface area contributed by atoms with Gasteiger partial charge in [-0.3, -0.25) is 4.79 Å². The Hall–Kier alpha value is -2.42. The minimum Gasteiger partial charge on any atom is -0.325 e. The first-order valence-electron chi connectivity index (χ1n) is 8.02. The van der Waals surface area contributed by atoms with E-state index in [1.807, 2.05) is 6.07 Å². The molecule has 2 aromatic rings. The summed E-state index contributed by atoms with van der Waals surface area (Å²) in [6, 6.07) is 7.17. The normalized spacial score (nSPS) is 13.7. The van der Waals surface area contributed by atoms with E-state index in [0.29, 0.717) is 5.69 Å². The van der Waals surface area contributed by atoms with Gasteiger partial charge >= 0.3 is 6.18 Å². The number of aryl methyl sites for hydroxylation is 1. The van der Waals surface area contributed by atoms with E-state index in [1.54, 1.807) is 18.2 Å². The number of carbonyl (C=O) groups is 1. The number of alkyl halides is 3. The van der Waals surface area contributed by atoms with Gasteiger partial charge in [0, 0.05) is 30.8 Å². The summed E-state index contributed by atoms with van der Waals surface area (Å²) >= 11 is 0. The fraction of sp³-hybridized carbons (Fsp3) is 0.438. The van der Waals surface area contributed by atoms with E-state index in [2.05, 4.69) is 25.4 Å². The fourth-order valence-electron chi connectivity index (χ4n) is 2.74. The van der Waals surface area contributed by atoms with Gasteiger partial charge in [-0.15, -0.1) is 10.2 Å². The molecule has 0 saturated heterocycles. The maximum absolute atomic E-state index is 12.0. The molecule has 1 aromatic heterocycles. The molecule has 0 unspecified atom stereocenters. The number of halogens is 3. The lowest BCUT2D eigenvalue weighted by molar-refractivity contribution is -0.134. The van der Waals surface area contributed by atoms with Gasteiger partial charge in [0.15, 0.2) is 5.82 Å². The van der Waals surface area contributed by atoms with Crippen molar-refractivity contribution in [3.63, 3.8) is 0 Å². The van der Waals surface area contributed by atoms with E-state index in [1.165, 1.54) is 0 Å². The van der Waals surface area contributed by atoms with Crippen LogP contribution in [-0.2, 0) is 17.8 Å². The smallest absolute Gasteiger partial charge is 0.325 e. The number of aromatic nitrogens is 3. The minimum absolute atomic E-state index is 0.180. The van der Waals surface area contributed by atoms with Gasteiger partial charge in [-0.05, 0) is 18.6 Å². The number of hydrogen-bond donors (Lipinski definition) is 2.